The Labute approximate surface area is 134 Å². The van der Waals surface area contributed by atoms with Crippen molar-refractivity contribution < 1.29 is 26.7 Å². The fraction of sp³-hybridized carbons (Fsp3) is 0.533. The van der Waals surface area contributed by atoms with Crippen LogP contribution >= 0.6 is 0 Å². The Kier molecular flexibility index (Phi) is 3.65. The molecule has 3 atom stereocenters. The van der Waals surface area contributed by atoms with E-state index in [0.717, 1.165) is 12.1 Å². The molecule has 0 radical (unpaired) electrons. The number of nitrogens with zero attached hydrogens (tertiary/aromatic N) is 1. The zero-order chi connectivity index (χ0) is 17.8. The van der Waals surface area contributed by atoms with Crippen LogP contribution in [0.1, 0.15) is 18.4 Å². The summed E-state index contributed by atoms with van der Waals surface area (Å²) in [5, 5.41) is 0. The van der Waals surface area contributed by atoms with Crippen LogP contribution in [0, 0.1) is 11.7 Å². The summed E-state index contributed by atoms with van der Waals surface area (Å²) in [5.74, 6) is -5.63. The van der Waals surface area contributed by atoms with Gasteiger partial charge in [0.25, 0.3) is 11.9 Å². The molecule has 3 rings (SSSR count). The second-order valence-electron chi connectivity index (χ2n) is 6.34. The first-order valence-electron chi connectivity index (χ1n) is 7.28. The van der Waals surface area contributed by atoms with Gasteiger partial charge in [0.15, 0.2) is 5.60 Å². The fourth-order valence-corrected chi connectivity index (χ4v) is 3.82. The summed E-state index contributed by atoms with van der Waals surface area (Å²) >= 11 is 0. The van der Waals surface area contributed by atoms with Crippen LogP contribution in [0.3, 0.4) is 0 Å². The van der Waals surface area contributed by atoms with Crippen LogP contribution in [0.25, 0.3) is 0 Å². The predicted molar refractivity (Wildman–Crippen MR) is 77.5 cm³/mol. The molecule has 1 heterocycles. The molecule has 9 heteroatoms. The van der Waals surface area contributed by atoms with Gasteiger partial charge in [-0.1, -0.05) is 0 Å². The third-order valence-corrected chi connectivity index (χ3v) is 4.78. The van der Waals surface area contributed by atoms with Crippen molar-refractivity contribution in [2.45, 2.75) is 29.9 Å². The van der Waals surface area contributed by atoms with Gasteiger partial charge in [-0.2, -0.15) is 0 Å². The van der Waals surface area contributed by atoms with Gasteiger partial charge in [0.1, 0.15) is 24.7 Å². The molecule has 132 valence electrons. The maximum atomic E-state index is 14.3. The van der Waals surface area contributed by atoms with E-state index in [0.29, 0.717) is 0 Å². The molecule has 1 aliphatic carbocycles. The highest BCUT2D eigenvalue weighted by Crippen LogP contribution is 2.58. The van der Waals surface area contributed by atoms with E-state index in [1.165, 1.54) is 6.07 Å². The van der Waals surface area contributed by atoms with Crippen LogP contribution in [-0.2, 0) is 10.3 Å². The molecule has 0 unspecified atom stereocenters. The minimum absolute atomic E-state index is 0.0927. The summed E-state index contributed by atoms with van der Waals surface area (Å²) < 4.78 is 75.2. The lowest BCUT2D eigenvalue weighted by molar-refractivity contribution is -0.0693. The zero-order valence-corrected chi connectivity index (χ0v) is 12.5. The third-order valence-electron chi connectivity index (χ3n) is 4.78. The lowest BCUT2D eigenvalue weighted by Crippen LogP contribution is -2.57. The van der Waals surface area contributed by atoms with Crippen LogP contribution < -0.4 is 11.5 Å². The largest absolute Gasteiger partial charge is 0.455 e. The van der Waals surface area contributed by atoms with Gasteiger partial charge in [0.2, 0.25) is 0 Å². The van der Waals surface area contributed by atoms with Crippen molar-refractivity contribution >= 4 is 11.7 Å². The van der Waals surface area contributed by atoms with E-state index >= 15 is 0 Å². The maximum Gasteiger partial charge on any atom is 0.283 e. The summed E-state index contributed by atoms with van der Waals surface area (Å²) in [6.07, 6.45) is -1.88. The molecule has 24 heavy (non-hydrogen) atoms. The van der Waals surface area contributed by atoms with Gasteiger partial charge in [-0.3, -0.25) is 0 Å². The number of rotatable bonds is 3. The normalized spacial score (nSPS) is 34.4. The average molecular weight is 349 g/mol. The molecule has 1 aromatic carbocycles. The highest BCUT2D eigenvalue weighted by molar-refractivity contribution is 5.74. The van der Waals surface area contributed by atoms with Crippen molar-refractivity contribution in [1.82, 2.24) is 0 Å². The van der Waals surface area contributed by atoms with Crippen molar-refractivity contribution in [2.75, 3.05) is 19.1 Å². The Morgan fingerprint density at radius 2 is 1.92 bits per heavy atom. The predicted octanol–water partition coefficient (Wildman–Crippen LogP) is 2.67. The summed E-state index contributed by atoms with van der Waals surface area (Å²) in [5.41, 5.74) is 6.71. The Bertz CT molecular complexity index is 698. The summed E-state index contributed by atoms with van der Waals surface area (Å²) in [6.45, 7) is -2.67. The number of anilines is 1. The first-order chi connectivity index (χ1) is 11.2. The number of hydrogen-bond acceptors (Lipinski definition) is 4. The van der Waals surface area contributed by atoms with Crippen molar-refractivity contribution in [3.8, 4) is 0 Å². The number of amidine groups is 1. The first-order valence-corrected chi connectivity index (χ1v) is 7.28. The zero-order valence-electron chi connectivity index (χ0n) is 12.5. The van der Waals surface area contributed by atoms with Crippen LogP contribution in [-0.4, -0.2) is 30.9 Å². The number of ether oxygens (including phenoxy) is 1. The van der Waals surface area contributed by atoms with Gasteiger partial charge >= 0.3 is 0 Å². The van der Waals surface area contributed by atoms with Gasteiger partial charge in [0, 0.05) is 23.6 Å². The average Bonchev–Trinajstić information content (AvgIpc) is 2.80. The van der Waals surface area contributed by atoms with Crippen LogP contribution in [0.15, 0.2) is 23.2 Å². The standard InChI is InChI=1S/C15H16F5N3O/c16-6-13-5-14(19,20)4-11(13)15(7-17,23-12(22)24-13)9-3-8(21)1-2-10(9)18/h1-3,11H,4-7,21H2,(H2,22,23)/t11-,13-,15+/m1/s1. The van der Waals surface area contributed by atoms with E-state index in [1.807, 2.05) is 0 Å². The number of nitrogen functional groups attached to an aromatic ring is 1. The molecule has 1 saturated carbocycles. The molecule has 1 aromatic rings. The summed E-state index contributed by atoms with van der Waals surface area (Å²) in [6, 6.07) is 2.67. The second kappa shape index (κ2) is 5.22. The SMILES string of the molecule is NC1=N[C@@](CF)(c2cc(N)ccc2F)[C@@H]2CC(F)(F)C[C@]2(CF)O1. The topological polar surface area (TPSA) is 73.6 Å². The van der Waals surface area contributed by atoms with E-state index in [4.69, 9.17) is 16.2 Å². The molecule has 0 amide bonds. The van der Waals surface area contributed by atoms with Crippen LogP contribution in [0.5, 0.6) is 0 Å². The Balaban J connectivity index is 2.25. The van der Waals surface area contributed by atoms with Crippen molar-refractivity contribution in [2.24, 2.45) is 16.6 Å². The number of fused-ring (bicyclic) bond motifs is 1. The molecular formula is C15H16F5N3O. The Hall–Kier alpha value is -2.06. The molecule has 4 nitrogen and oxygen atoms in total. The van der Waals surface area contributed by atoms with Crippen molar-refractivity contribution in [1.29, 1.82) is 0 Å². The highest BCUT2D eigenvalue weighted by atomic mass is 19.3. The quantitative estimate of drug-likeness (QED) is 0.651. The molecule has 1 aliphatic heterocycles. The van der Waals surface area contributed by atoms with Crippen LogP contribution in [0.2, 0.25) is 0 Å². The summed E-state index contributed by atoms with van der Waals surface area (Å²) in [7, 11) is 0. The number of nitrogens with two attached hydrogens (primary N) is 2. The van der Waals surface area contributed by atoms with Gasteiger partial charge in [-0.25, -0.2) is 26.9 Å². The molecule has 0 aromatic heterocycles. The minimum Gasteiger partial charge on any atom is -0.455 e. The van der Waals surface area contributed by atoms with E-state index in [1.54, 1.807) is 0 Å². The lowest BCUT2D eigenvalue weighted by atomic mass is 9.71. The van der Waals surface area contributed by atoms with E-state index in [-0.39, 0.29) is 11.3 Å². The van der Waals surface area contributed by atoms with Gasteiger partial charge in [-0.15, -0.1) is 0 Å². The van der Waals surface area contributed by atoms with Crippen molar-refractivity contribution in [3.05, 3.63) is 29.6 Å². The first kappa shape index (κ1) is 16.8. The Morgan fingerprint density at radius 1 is 1.21 bits per heavy atom. The van der Waals surface area contributed by atoms with Gasteiger partial charge in [-0.05, 0) is 18.2 Å². The number of halogens is 5. The summed E-state index contributed by atoms with van der Waals surface area (Å²) in [4.78, 5) is 3.81. The molecule has 4 N–H and O–H groups in total. The van der Waals surface area contributed by atoms with Crippen LogP contribution in [0.4, 0.5) is 27.6 Å². The number of aliphatic imine (C=N–C) groups is 1. The molecule has 2 aliphatic rings. The lowest BCUT2D eigenvalue weighted by Gasteiger charge is -2.46. The maximum absolute atomic E-state index is 14.3. The number of alkyl halides is 4. The third kappa shape index (κ3) is 2.29. The van der Waals surface area contributed by atoms with E-state index in [2.05, 4.69) is 4.99 Å². The second-order valence-corrected chi connectivity index (χ2v) is 6.34. The highest BCUT2D eigenvalue weighted by Gasteiger charge is 2.68. The van der Waals surface area contributed by atoms with Crippen molar-refractivity contribution in [3.63, 3.8) is 0 Å². The molecule has 0 bridgehead atoms. The molecule has 0 saturated heterocycles. The molecule has 1 fully saturated rings. The Morgan fingerprint density at radius 3 is 2.54 bits per heavy atom. The van der Waals surface area contributed by atoms with E-state index in [9.17, 15) is 22.0 Å². The minimum atomic E-state index is -3.31. The van der Waals surface area contributed by atoms with Gasteiger partial charge in [0.05, 0.1) is 6.42 Å². The number of benzene rings is 1. The molecule has 0 spiro atoms. The monoisotopic (exact) mass is 349 g/mol. The smallest absolute Gasteiger partial charge is 0.283 e. The number of hydrogen-bond donors (Lipinski definition) is 2. The van der Waals surface area contributed by atoms with E-state index < -0.39 is 61.0 Å². The molecular weight excluding hydrogens is 333 g/mol. The fourth-order valence-electron chi connectivity index (χ4n) is 3.82. The van der Waals surface area contributed by atoms with Gasteiger partial charge < -0.3 is 16.2 Å².